The Morgan fingerprint density at radius 1 is 0.970 bits per heavy atom. The Kier molecular flexibility index (Phi) is 6.44. The van der Waals surface area contributed by atoms with Crippen molar-refractivity contribution in [2.24, 2.45) is 0 Å². The highest BCUT2D eigenvalue weighted by Gasteiger charge is 2.23. The van der Waals surface area contributed by atoms with Gasteiger partial charge in [0.2, 0.25) is 11.6 Å². The van der Waals surface area contributed by atoms with Gasteiger partial charge in [-0.05, 0) is 48.4 Å². The number of nitrogens with zero attached hydrogens (tertiary/aromatic N) is 4. The van der Waals surface area contributed by atoms with Gasteiger partial charge in [0, 0.05) is 23.8 Å². The monoisotopic (exact) mass is 446 g/mol. The van der Waals surface area contributed by atoms with Crippen LogP contribution in [0, 0.1) is 10.1 Å². The first-order valence-electron chi connectivity index (χ1n) is 10.2. The van der Waals surface area contributed by atoms with Gasteiger partial charge in [0.1, 0.15) is 6.33 Å². The predicted molar refractivity (Wildman–Crippen MR) is 125 cm³/mol. The molecule has 0 bridgehead atoms. The molecule has 168 valence electrons. The van der Waals surface area contributed by atoms with Gasteiger partial charge in [-0.1, -0.05) is 12.1 Å². The Morgan fingerprint density at radius 2 is 1.79 bits per heavy atom. The molecule has 4 aromatic rings. The van der Waals surface area contributed by atoms with Gasteiger partial charge in [0.05, 0.1) is 24.7 Å². The fourth-order valence-corrected chi connectivity index (χ4v) is 3.47. The quantitative estimate of drug-likeness (QED) is 0.285. The minimum atomic E-state index is -0.496. The molecule has 2 N–H and O–H groups in total. The molecule has 0 aliphatic heterocycles. The van der Waals surface area contributed by atoms with Crippen LogP contribution < -0.4 is 20.1 Å². The predicted octanol–water partition coefficient (Wildman–Crippen LogP) is 4.35. The van der Waals surface area contributed by atoms with Crippen molar-refractivity contribution in [2.75, 3.05) is 31.4 Å². The van der Waals surface area contributed by atoms with Gasteiger partial charge in [0.25, 0.3) is 0 Å². The largest absolute Gasteiger partial charge is 0.493 e. The maximum absolute atomic E-state index is 11.9. The first-order chi connectivity index (χ1) is 16.1. The van der Waals surface area contributed by atoms with Crippen molar-refractivity contribution in [3.05, 3.63) is 76.7 Å². The van der Waals surface area contributed by atoms with Crippen LogP contribution in [0.1, 0.15) is 5.56 Å². The average Bonchev–Trinajstić information content (AvgIpc) is 2.84. The third-order valence-electron chi connectivity index (χ3n) is 5.06. The van der Waals surface area contributed by atoms with E-state index in [0.29, 0.717) is 30.2 Å². The van der Waals surface area contributed by atoms with E-state index < -0.39 is 4.92 Å². The third kappa shape index (κ3) is 4.74. The Labute approximate surface area is 189 Å². The van der Waals surface area contributed by atoms with Crippen LogP contribution >= 0.6 is 0 Å². The van der Waals surface area contributed by atoms with Crippen molar-refractivity contribution in [1.82, 2.24) is 15.0 Å². The number of benzene rings is 2. The summed E-state index contributed by atoms with van der Waals surface area (Å²) in [5, 5.41) is 18.8. The van der Waals surface area contributed by atoms with Crippen molar-refractivity contribution in [3.63, 3.8) is 0 Å². The summed E-state index contributed by atoms with van der Waals surface area (Å²) in [6.45, 7) is 0.422. The highest BCUT2D eigenvalue weighted by atomic mass is 16.6. The average molecular weight is 446 g/mol. The second-order valence-electron chi connectivity index (χ2n) is 7.04. The summed E-state index contributed by atoms with van der Waals surface area (Å²) in [4.78, 5) is 23.9. The van der Waals surface area contributed by atoms with E-state index in [1.165, 1.54) is 6.33 Å². The molecular weight excluding hydrogens is 424 g/mol. The van der Waals surface area contributed by atoms with Gasteiger partial charge in [-0.15, -0.1) is 0 Å². The summed E-state index contributed by atoms with van der Waals surface area (Å²) in [5.41, 5.74) is 2.19. The van der Waals surface area contributed by atoms with Crippen molar-refractivity contribution in [1.29, 1.82) is 0 Å². The van der Waals surface area contributed by atoms with E-state index in [2.05, 4.69) is 25.6 Å². The molecule has 0 atom stereocenters. The molecule has 0 aliphatic carbocycles. The van der Waals surface area contributed by atoms with E-state index in [4.69, 9.17) is 9.47 Å². The SMILES string of the molecule is COc1ccc(CCNc2ncnc(Nc3cccc4ncccc34)c2[N+](=O)[O-])cc1OC. The number of hydrogen-bond donors (Lipinski definition) is 2. The zero-order chi connectivity index (χ0) is 23.2. The van der Waals surface area contributed by atoms with Crippen LogP contribution in [0.5, 0.6) is 11.5 Å². The number of rotatable bonds is 9. The number of hydrogen-bond acceptors (Lipinski definition) is 9. The van der Waals surface area contributed by atoms with Crippen molar-refractivity contribution >= 4 is 33.9 Å². The molecule has 10 heteroatoms. The molecule has 0 saturated heterocycles. The maximum atomic E-state index is 11.9. The number of anilines is 3. The molecule has 0 saturated carbocycles. The molecule has 2 aromatic heterocycles. The van der Waals surface area contributed by atoms with Gasteiger partial charge < -0.3 is 20.1 Å². The van der Waals surface area contributed by atoms with E-state index in [1.54, 1.807) is 20.4 Å². The molecular formula is C23H22N6O4. The number of ether oxygens (including phenoxy) is 2. The fraction of sp³-hybridized carbons (Fsp3) is 0.174. The Morgan fingerprint density at radius 3 is 2.58 bits per heavy atom. The zero-order valence-corrected chi connectivity index (χ0v) is 18.1. The Balaban J connectivity index is 1.55. The topological polar surface area (TPSA) is 124 Å². The molecule has 0 fully saturated rings. The number of nitrogens with one attached hydrogen (secondary N) is 2. The Hall–Kier alpha value is -4.47. The van der Waals surface area contributed by atoms with Crippen LogP contribution in [0.4, 0.5) is 23.0 Å². The lowest BCUT2D eigenvalue weighted by Gasteiger charge is -2.12. The number of pyridine rings is 1. The van der Waals surface area contributed by atoms with Crippen LogP contribution in [-0.2, 0) is 6.42 Å². The van der Waals surface area contributed by atoms with Crippen molar-refractivity contribution in [2.45, 2.75) is 6.42 Å². The van der Waals surface area contributed by atoms with Crippen LogP contribution in [0.25, 0.3) is 10.9 Å². The van der Waals surface area contributed by atoms with Gasteiger partial charge in [-0.2, -0.15) is 0 Å². The van der Waals surface area contributed by atoms with Gasteiger partial charge in [-0.25, -0.2) is 9.97 Å². The number of fused-ring (bicyclic) bond motifs is 1. The third-order valence-corrected chi connectivity index (χ3v) is 5.06. The lowest BCUT2D eigenvalue weighted by atomic mass is 10.1. The first-order valence-corrected chi connectivity index (χ1v) is 10.2. The summed E-state index contributed by atoms with van der Waals surface area (Å²) in [7, 11) is 3.15. The van der Waals surface area contributed by atoms with Crippen molar-refractivity contribution < 1.29 is 14.4 Å². The zero-order valence-electron chi connectivity index (χ0n) is 18.1. The van der Waals surface area contributed by atoms with E-state index >= 15 is 0 Å². The molecule has 0 spiro atoms. The van der Waals surface area contributed by atoms with Gasteiger partial charge in [-0.3, -0.25) is 15.1 Å². The molecule has 33 heavy (non-hydrogen) atoms. The lowest BCUT2D eigenvalue weighted by molar-refractivity contribution is -0.383. The fourth-order valence-electron chi connectivity index (χ4n) is 3.47. The van der Waals surface area contributed by atoms with Crippen molar-refractivity contribution in [3.8, 4) is 11.5 Å². The summed E-state index contributed by atoms with van der Waals surface area (Å²) >= 11 is 0. The van der Waals surface area contributed by atoms with Crippen LogP contribution in [0.2, 0.25) is 0 Å². The van der Waals surface area contributed by atoms with Crippen LogP contribution in [0.3, 0.4) is 0 Å². The number of nitro groups is 1. The molecule has 4 rings (SSSR count). The van der Waals surface area contributed by atoms with Crippen LogP contribution in [0.15, 0.2) is 61.1 Å². The standard InChI is InChI=1S/C23H22N6O4/c1-32-19-9-8-15(13-20(19)33-2)10-12-25-22-21(29(30)31)23(27-14-26-22)28-18-7-3-6-17-16(18)5-4-11-24-17/h3-9,11,13-14H,10,12H2,1-2H3,(H2,25,26,27,28). The summed E-state index contributed by atoms with van der Waals surface area (Å²) in [6.07, 6.45) is 3.58. The first kappa shape index (κ1) is 21.8. The van der Waals surface area contributed by atoms with Gasteiger partial charge >= 0.3 is 5.69 Å². The van der Waals surface area contributed by atoms with Gasteiger partial charge in [0.15, 0.2) is 11.5 Å². The normalized spacial score (nSPS) is 10.6. The van der Waals surface area contributed by atoms with E-state index in [-0.39, 0.29) is 17.3 Å². The molecule has 0 radical (unpaired) electrons. The molecule has 10 nitrogen and oxygen atoms in total. The highest BCUT2D eigenvalue weighted by molar-refractivity contribution is 5.93. The van der Waals surface area contributed by atoms with Crippen LogP contribution in [-0.4, -0.2) is 40.6 Å². The maximum Gasteiger partial charge on any atom is 0.353 e. The minimum absolute atomic E-state index is 0.0972. The number of methoxy groups -OCH3 is 2. The second-order valence-corrected chi connectivity index (χ2v) is 7.04. The summed E-state index contributed by atoms with van der Waals surface area (Å²) in [6, 6.07) is 14.8. The lowest BCUT2D eigenvalue weighted by Crippen LogP contribution is -2.11. The second kappa shape index (κ2) is 9.77. The molecule has 0 aliphatic rings. The van der Waals surface area contributed by atoms with E-state index in [0.717, 1.165) is 16.5 Å². The summed E-state index contributed by atoms with van der Waals surface area (Å²) < 4.78 is 10.6. The molecule has 0 unspecified atom stereocenters. The molecule has 0 amide bonds. The Bertz CT molecular complexity index is 1290. The molecule has 2 aromatic carbocycles. The highest BCUT2D eigenvalue weighted by Crippen LogP contribution is 2.33. The van der Waals surface area contributed by atoms with E-state index in [1.807, 2.05) is 48.5 Å². The number of aromatic nitrogens is 3. The van der Waals surface area contributed by atoms with E-state index in [9.17, 15) is 10.1 Å². The summed E-state index contributed by atoms with van der Waals surface area (Å²) in [5.74, 6) is 1.50. The smallest absolute Gasteiger partial charge is 0.353 e. The minimum Gasteiger partial charge on any atom is -0.493 e. The molecule has 2 heterocycles.